The molecule has 0 saturated carbocycles. The number of alkyl halides is 1. The minimum Gasteiger partial charge on any atom is -0.458 e. The normalized spacial score (nSPS) is 33.2. The third-order valence-electron chi connectivity index (χ3n) is 7.39. The second kappa shape index (κ2) is 14.9. The monoisotopic (exact) mass is 637 g/mol. The van der Waals surface area contributed by atoms with Gasteiger partial charge in [0.1, 0.15) is 11.9 Å². The van der Waals surface area contributed by atoms with Crippen molar-refractivity contribution in [2.45, 2.75) is 103 Å². The fourth-order valence-electron chi connectivity index (χ4n) is 4.93. The largest absolute Gasteiger partial charge is 0.458 e. The van der Waals surface area contributed by atoms with Gasteiger partial charge in [-0.1, -0.05) is 50.0 Å². The summed E-state index contributed by atoms with van der Waals surface area (Å²) in [6, 6.07) is 0. The average Bonchev–Trinajstić information content (AvgIpc) is 3.25. The molecule has 37 heavy (non-hydrogen) atoms. The highest BCUT2D eigenvalue weighted by Crippen LogP contribution is 2.36. The lowest BCUT2D eigenvalue weighted by atomic mass is 9.73. The highest BCUT2D eigenvalue weighted by atomic mass is 79.9. The molecule has 7 nitrogen and oxygen atoms in total. The second-order valence-corrected chi connectivity index (χ2v) is 13.5. The highest BCUT2D eigenvalue weighted by molar-refractivity contribution is 9.09. The highest BCUT2D eigenvalue weighted by Gasteiger charge is 2.44. The first-order chi connectivity index (χ1) is 17.3. The number of carbonyl (C=O) groups excluding carboxylic acids is 2. The van der Waals surface area contributed by atoms with Crippen molar-refractivity contribution in [1.29, 1.82) is 0 Å². The number of rotatable bonds is 4. The van der Waals surface area contributed by atoms with Crippen LogP contribution in [0.1, 0.15) is 77.4 Å². The van der Waals surface area contributed by atoms with Crippen molar-refractivity contribution in [2.75, 3.05) is 0 Å². The van der Waals surface area contributed by atoms with E-state index in [9.17, 15) is 14.7 Å². The van der Waals surface area contributed by atoms with Crippen LogP contribution >= 0.6 is 46.2 Å². The minimum absolute atomic E-state index is 0.0283. The van der Waals surface area contributed by atoms with Crippen molar-refractivity contribution in [1.82, 2.24) is 4.98 Å². The van der Waals surface area contributed by atoms with Crippen molar-refractivity contribution >= 4 is 64.0 Å². The van der Waals surface area contributed by atoms with Crippen molar-refractivity contribution in [3.63, 3.8) is 0 Å². The molecule has 0 amide bonds. The fourth-order valence-corrected chi connectivity index (χ4v) is 6.98. The Kier molecular flexibility index (Phi) is 13.3. The van der Waals surface area contributed by atoms with Gasteiger partial charge in [-0.25, -0.2) is 4.98 Å². The molecule has 0 bridgehead atoms. The topological polar surface area (TPSA) is 95.0 Å². The van der Waals surface area contributed by atoms with Gasteiger partial charge in [0.15, 0.2) is 0 Å². The maximum Gasteiger partial charge on any atom is 0.309 e. The predicted octanol–water partition coefficient (Wildman–Crippen LogP) is 6.07. The zero-order chi connectivity index (χ0) is 27.9. The van der Waals surface area contributed by atoms with Crippen molar-refractivity contribution in [2.24, 2.45) is 17.3 Å². The minimum atomic E-state index is -0.961. The Morgan fingerprint density at radius 1 is 1.27 bits per heavy atom. The molecule has 1 aliphatic heterocycles. The van der Waals surface area contributed by atoms with Crippen LogP contribution in [0.15, 0.2) is 11.0 Å². The molecule has 1 saturated heterocycles. The van der Waals surface area contributed by atoms with Crippen molar-refractivity contribution in [3.8, 4) is 0 Å². The summed E-state index contributed by atoms with van der Waals surface area (Å²) in [5.74, 6) is -0.805. The number of cyclic esters (lactones) is 1. The van der Waals surface area contributed by atoms with E-state index in [2.05, 4.69) is 46.8 Å². The number of aliphatic hydroxyl groups is 1. The van der Waals surface area contributed by atoms with Gasteiger partial charge in [-0.2, -0.15) is 0 Å². The van der Waals surface area contributed by atoms with Crippen LogP contribution in [0, 0.1) is 24.2 Å². The molecule has 11 heteroatoms. The van der Waals surface area contributed by atoms with Crippen LogP contribution in [0.25, 0.3) is 6.08 Å². The van der Waals surface area contributed by atoms with Gasteiger partial charge in [-0.3, -0.25) is 9.59 Å². The van der Waals surface area contributed by atoms with Crippen LogP contribution in [-0.2, 0) is 23.4 Å². The molecule has 2 heterocycles. The van der Waals surface area contributed by atoms with Crippen LogP contribution in [0.3, 0.4) is 0 Å². The summed E-state index contributed by atoms with van der Waals surface area (Å²) in [6.07, 6.45) is 2.07. The molecular formula is C26H42BrNO6P2S. The molecule has 1 fully saturated rings. The average molecular weight is 639 g/mol. The number of Topliss-reactive ketones (excluding diaryl/α,β-unsaturated/α-hetero) is 1. The van der Waals surface area contributed by atoms with Crippen LogP contribution in [0.4, 0.5) is 0 Å². The zero-order valence-electron chi connectivity index (χ0n) is 22.6. The van der Waals surface area contributed by atoms with E-state index in [1.165, 1.54) is 0 Å². The molecule has 1 aliphatic rings. The van der Waals surface area contributed by atoms with E-state index >= 15 is 0 Å². The van der Waals surface area contributed by atoms with Gasteiger partial charge in [0.25, 0.3) is 0 Å². The summed E-state index contributed by atoms with van der Waals surface area (Å²) in [4.78, 5) is 31.1. The van der Waals surface area contributed by atoms with E-state index < -0.39 is 35.6 Å². The number of ether oxygens (including phenoxy) is 1. The Morgan fingerprint density at radius 3 is 2.51 bits per heavy atom. The summed E-state index contributed by atoms with van der Waals surface area (Å²) < 4.78 is 17.2. The predicted molar refractivity (Wildman–Crippen MR) is 158 cm³/mol. The lowest BCUT2D eigenvalue weighted by Crippen LogP contribution is -2.46. The van der Waals surface area contributed by atoms with E-state index in [-0.39, 0.29) is 35.5 Å². The number of thiazole rings is 1. The number of nitrogens with zero attached hydrogens (tertiary/aromatic N) is 1. The summed E-state index contributed by atoms with van der Waals surface area (Å²) in [5.41, 5.74) is 0.622. The van der Waals surface area contributed by atoms with E-state index in [0.717, 1.165) is 35.5 Å². The standard InChI is InChI=1S/C26H42BrNO6P2S/c1-14-8-7-9-19(27)20(29)11-21(15(2)10-18-13-37-17(4)28-18)32-23(30)12-22(33-35)26(5,6)25(31)16(3)24(14)34-36/h10,13-14,16,19-22,24,29H,7-9,11-12,35-36H2,1-6H3/b15-10+. The molecule has 1 aromatic heterocycles. The molecule has 9 unspecified atom stereocenters. The molecule has 0 aliphatic carbocycles. The Morgan fingerprint density at radius 2 is 1.95 bits per heavy atom. The molecule has 1 N–H and O–H groups in total. The first-order valence-electron chi connectivity index (χ1n) is 12.7. The third kappa shape index (κ3) is 9.13. The smallest absolute Gasteiger partial charge is 0.309 e. The number of esters is 1. The number of hydrogen-bond acceptors (Lipinski definition) is 8. The summed E-state index contributed by atoms with van der Waals surface area (Å²) in [6.45, 7) is 11.4. The van der Waals surface area contributed by atoms with Crippen LogP contribution in [-0.4, -0.2) is 51.1 Å². The van der Waals surface area contributed by atoms with Gasteiger partial charge in [-0.15, -0.1) is 11.3 Å². The number of carbonyl (C=O) groups is 2. The summed E-state index contributed by atoms with van der Waals surface area (Å²) in [5, 5.41) is 13.9. The van der Waals surface area contributed by atoms with Gasteiger partial charge in [0.05, 0.1) is 40.8 Å². The van der Waals surface area contributed by atoms with Gasteiger partial charge >= 0.3 is 5.97 Å². The molecule has 2 rings (SSSR count). The third-order valence-corrected chi connectivity index (χ3v) is 9.89. The van der Waals surface area contributed by atoms with Crippen LogP contribution in [0.5, 0.6) is 0 Å². The number of aliphatic hydroxyl groups excluding tert-OH is 1. The molecule has 210 valence electrons. The number of ketones is 1. The zero-order valence-corrected chi connectivity index (χ0v) is 27.3. The Bertz CT molecular complexity index is 942. The molecule has 1 aromatic rings. The molecule has 0 aromatic carbocycles. The van der Waals surface area contributed by atoms with Gasteiger partial charge in [0, 0.05) is 41.5 Å². The molecule has 0 radical (unpaired) electrons. The lowest BCUT2D eigenvalue weighted by molar-refractivity contribution is -0.153. The SMILES string of the molecule is C/C(=C\c1csc(C)n1)C1CC(O)C(Br)CCCC(C)C(OP)C(C)C(=O)C(C)(C)C(OP)CC(=O)O1. The molecule has 0 spiro atoms. The van der Waals surface area contributed by atoms with Gasteiger partial charge in [0.2, 0.25) is 0 Å². The first kappa shape index (κ1) is 32.9. The second-order valence-electron chi connectivity index (χ2n) is 10.7. The number of aromatic nitrogens is 1. The number of hydrogen-bond donors (Lipinski definition) is 1. The Balaban J connectivity index is 2.40. The fraction of sp³-hybridized carbons (Fsp3) is 0.731. The first-order valence-corrected chi connectivity index (χ1v) is 15.4. The number of aryl methyl sites for hydroxylation is 1. The number of halogens is 1. The molecular weight excluding hydrogens is 596 g/mol. The maximum atomic E-state index is 13.6. The van der Waals surface area contributed by atoms with Crippen LogP contribution < -0.4 is 0 Å². The van der Waals surface area contributed by atoms with Gasteiger partial charge < -0.3 is 18.9 Å². The molecule has 9 atom stereocenters. The van der Waals surface area contributed by atoms with E-state index in [1.54, 1.807) is 25.2 Å². The van der Waals surface area contributed by atoms with E-state index in [1.807, 2.05) is 32.2 Å². The van der Waals surface area contributed by atoms with Gasteiger partial charge in [-0.05, 0) is 44.3 Å². The Labute approximate surface area is 238 Å². The summed E-state index contributed by atoms with van der Waals surface area (Å²) in [7, 11) is 4.49. The lowest BCUT2D eigenvalue weighted by Gasteiger charge is -2.37. The van der Waals surface area contributed by atoms with E-state index in [0.29, 0.717) is 0 Å². The van der Waals surface area contributed by atoms with Crippen molar-refractivity contribution in [3.05, 3.63) is 21.7 Å². The maximum absolute atomic E-state index is 13.6. The quantitative estimate of drug-likeness (QED) is 0.243. The van der Waals surface area contributed by atoms with Crippen molar-refractivity contribution < 1.29 is 28.5 Å². The Hall–Kier alpha value is -0.270. The van der Waals surface area contributed by atoms with Crippen LogP contribution in [0.2, 0.25) is 0 Å². The van der Waals surface area contributed by atoms with E-state index in [4.69, 9.17) is 13.8 Å². The summed E-state index contributed by atoms with van der Waals surface area (Å²) >= 11 is 5.19.